The van der Waals surface area contributed by atoms with E-state index in [9.17, 15) is 9.59 Å². The first-order valence-corrected chi connectivity index (χ1v) is 12.4. The highest BCUT2D eigenvalue weighted by molar-refractivity contribution is 5.81. The Labute approximate surface area is 215 Å². The Morgan fingerprint density at radius 3 is 2.32 bits per heavy atom. The number of anilines is 1. The molecule has 37 heavy (non-hydrogen) atoms. The maximum absolute atomic E-state index is 12.9. The predicted octanol–water partition coefficient (Wildman–Crippen LogP) is 5.33. The third kappa shape index (κ3) is 6.35. The normalized spacial score (nSPS) is 11.6. The average Bonchev–Trinajstić information content (AvgIpc) is 3.43. The van der Waals surface area contributed by atoms with Gasteiger partial charge in [-0.3, -0.25) is 9.88 Å². The van der Waals surface area contributed by atoms with E-state index in [0.717, 1.165) is 35.4 Å². The lowest BCUT2D eigenvalue weighted by Crippen LogP contribution is -2.25. The summed E-state index contributed by atoms with van der Waals surface area (Å²) < 4.78 is 8.66. The molecule has 0 saturated carbocycles. The molecule has 2 aromatic heterocycles. The van der Waals surface area contributed by atoms with Crippen molar-refractivity contribution in [2.75, 3.05) is 5.32 Å². The van der Waals surface area contributed by atoms with Crippen molar-refractivity contribution in [1.29, 1.82) is 0 Å². The minimum Gasteiger partial charge on any atom is -0.465 e. The summed E-state index contributed by atoms with van der Waals surface area (Å²) in [5, 5.41) is 15.6. The van der Waals surface area contributed by atoms with Crippen LogP contribution in [0.25, 0.3) is 11.5 Å². The summed E-state index contributed by atoms with van der Waals surface area (Å²) in [7, 11) is 0. The zero-order valence-corrected chi connectivity index (χ0v) is 21.7. The summed E-state index contributed by atoms with van der Waals surface area (Å²) in [4.78, 5) is 27.8. The van der Waals surface area contributed by atoms with E-state index in [1.807, 2.05) is 31.2 Å². The SMILES string of the molecule is CCn1c(CCCc2ccc(-c3nc(NC(=O)O)co3)cc2)nn(Cc2ccc(C(C)(C)C)cc2)c1=O. The van der Waals surface area contributed by atoms with Gasteiger partial charge in [0.2, 0.25) is 5.89 Å². The molecule has 1 amide bonds. The molecule has 9 heteroatoms. The van der Waals surface area contributed by atoms with Crippen LogP contribution in [0.2, 0.25) is 0 Å². The maximum atomic E-state index is 12.9. The van der Waals surface area contributed by atoms with E-state index in [-0.39, 0.29) is 16.9 Å². The van der Waals surface area contributed by atoms with Crippen molar-refractivity contribution < 1.29 is 14.3 Å². The molecule has 0 saturated heterocycles. The van der Waals surface area contributed by atoms with Crippen LogP contribution in [0.4, 0.5) is 10.6 Å². The molecule has 0 aliphatic rings. The topological polar surface area (TPSA) is 115 Å². The third-order valence-corrected chi connectivity index (χ3v) is 6.27. The molecule has 0 bridgehead atoms. The molecule has 0 aliphatic heterocycles. The highest BCUT2D eigenvalue weighted by Crippen LogP contribution is 2.23. The van der Waals surface area contributed by atoms with E-state index < -0.39 is 6.09 Å². The minimum absolute atomic E-state index is 0.0792. The van der Waals surface area contributed by atoms with Gasteiger partial charge in [0.1, 0.15) is 12.1 Å². The minimum atomic E-state index is -1.19. The number of hydrogen-bond acceptors (Lipinski definition) is 5. The van der Waals surface area contributed by atoms with Gasteiger partial charge in [0.15, 0.2) is 5.82 Å². The van der Waals surface area contributed by atoms with Crippen molar-refractivity contribution in [2.24, 2.45) is 0 Å². The van der Waals surface area contributed by atoms with Gasteiger partial charge in [0, 0.05) is 18.5 Å². The van der Waals surface area contributed by atoms with Gasteiger partial charge in [0.05, 0.1) is 6.54 Å². The number of nitrogens with one attached hydrogen (secondary N) is 1. The number of benzene rings is 2. The van der Waals surface area contributed by atoms with E-state index >= 15 is 0 Å². The molecule has 4 rings (SSSR count). The van der Waals surface area contributed by atoms with Crippen LogP contribution >= 0.6 is 0 Å². The first kappa shape index (κ1) is 25.9. The number of nitrogens with zero attached hydrogens (tertiary/aromatic N) is 4. The van der Waals surface area contributed by atoms with Gasteiger partial charge in [-0.1, -0.05) is 57.2 Å². The molecule has 0 aliphatic carbocycles. The zero-order valence-electron chi connectivity index (χ0n) is 21.7. The highest BCUT2D eigenvalue weighted by atomic mass is 16.4. The standard InChI is InChI=1S/C28H33N5O4/c1-5-32-24(31-33(27(32)36)17-20-11-15-22(16-12-20)28(2,3)4)8-6-7-19-9-13-21(14-10-19)25-29-23(18-37-25)30-26(34)35/h9-16,18,30H,5-8,17H2,1-4H3,(H,34,35). The van der Waals surface area contributed by atoms with E-state index in [1.165, 1.54) is 11.8 Å². The first-order chi connectivity index (χ1) is 17.6. The van der Waals surface area contributed by atoms with Crippen LogP contribution in [0.1, 0.15) is 56.6 Å². The molecule has 0 radical (unpaired) electrons. The summed E-state index contributed by atoms with van der Waals surface area (Å²) >= 11 is 0. The molecule has 0 spiro atoms. The van der Waals surface area contributed by atoms with Crippen LogP contribution in [-0.4, -0.2) is 30.5 Å². The summed E-state index contributed by atoms with van der Waals surface area (Å²) in [5.74, 6) is 1.30. The Morgan fingerprint density at radius 1 is 1.03 bits per heavy atom. The molecule has 0 atom stereocenters. The lowest BCUT2D eigenvalue weighted by atomic mass is 9.87. The molecular formula is C28H33N5O4. The second-order valence-electron chi connectivity index (χ2n) is 10.1. The van der Waals surface area contributed by atoms with Crippen molar-refractivity contribution in [3.63, 3.8) is 0 Å². The summed E-state index contributed by atoms with van der Waals surface area (Å²) in [6, 6.07) is 16.2. The molecule has 2 heterocycles. The van der Waals surface area contributed by atoms with Crippen molar-refractivity contribution in [2.45, 2.75) is 65.5 Å². The highest BCUT2D eigenvalue weighted by Gasteiger charge is 2.15. The number of carbonyl (C=O) groups is 1. The van der Waals surface area contributed by atoms with Crippen LogP contribution in [0.15, 0.2) is 64.0 Å². The van der Waals surface area contributed by atoms with Crippen molar-refractivity contribution in [3.8, 4) is 11.5 Å². The largest absolute Gasteiger partial charge is 0.465 e. The quantitative estimate of drug-likeness (QED) is 0.319. The van der Waals surface area contributed by atoms with Crippen molar-refractivity contribution >= 4 is 11.9 Å². The van der Waals surface area contributed by atoms with E-state index in [2.05, 4.69) is 60.4 Å². The Hall–Kier alpha value is -4.14. The predicted molar refractivity (Wildman–Crippen MR) is 142 cm³/mol. The van der Waals surface area contributed by atoms with Crippen LogP contribution in [0.5, 0.6) is 0 Å². The van der Waals surface area contributed by atoms with Gasteiger partial charge in [-0.2, -0.15) is 10.1 Å². The number of aromatic nitrogens is 4. The molecule has 9 nitrogen and oxygen atoms in total. The zero-order chi connectivity index (χ0) is 26.6. The van der Waals surface area contributed by atoms with E-state index in [0.29, 0.717) is 25.4 Å². The second kappa shape index (κ2) is 10.9. The number of amides is 1. The average molecular weight is 504 g/mol. The maximum Gasteiger partial charge on any atom is 0.410 e. The van der Waals surface area contributed by atoms with Gasteiger partial charge in [-0.05, 0) is 54.0 Å². The summed E-state index contributed by atoms with van der Waals surface area (Å²) in [5.41, 5.74) is 4.23. The summed E-state index contributed by atoms with van der Waals surface area (Å²) in [6.45, 7) is 9.56. The van der Waals surface area contributed by atoms with Crippen molar-refractivity contribution in [3.05, 3.63) is 87.8 Å². The molecular weight excluding hydrogens is 470 g/mol. The van der Waals surface area contributed by atoms with Gasteiger partial charge >= 0.3 is 11.8 Å². The molecule has 0 unspecified atom stereocenters. The fourth-order valence-electron chi connectivity index (χ4n) is 4.21. The van der Waals surface area contributed by atoms with Crippen molar-refractivity contribution in [1.82, 2.24) is 19.3 Å². The molecule has 4 aromatic rings. The Kier molecular flexibility index (Phi) is 7.61. The number of rotatable bonds is 9. The van der Waals surface area contributed by atoms with Crippen LogP contribution in [-0.2, 0) is 31.3 Å². The van der Waals surface area contributed by atoms with Crippen LogP contribution < -0.4 is 11.0 Å². The van der Waals surface area contributed by atoms with Crippen LogP contribution in [0, 0.1) is 0 Å². The monoisotopic (exact) mass is 503 g/mol. The fraction of sp³-hybridized carbons (Fsp3) is 0.357. The van der Waals surface area contributed by atoms with E-state index in [1.54, 1.807) is 9.25 Å². The Bertz CT molecular complexity index is 1410. The smallest absolute Gasteiger partial charge is 0.410 e. The number of hydrogen-bond donors (Lipinski definition) is 2. The fourth-order valence-corrected chi connectivity index (χ4v) is 4.21. The lowest BCUT2D eigenvalue weighted by Gasteiger charge is -2.19. The van der Waals surface area contributed by atoms with Gasteiger partial charge in [-0.25, -0.2) is 14.3 Å². The molecule has 2 aromatic carbocycles. The number of carboxylic acid groups (broad SMARTS) is 1. The Balaban J connectivity index is 1.37. The van der Waals surface area contributed by atoms with Gasteiger partial charge in [0.25, 0.3) is 0 Å². The molecule has 2 N–H and O–H groups in total. The lowest BCUT2D eigenvalue weighted by molar-refractivity contribution is 0.209. The van der Waals surface area contributed by atoms with Gasteiger partial charge < -0.3 is 9.52 Å². The number of aryl methyl sites for hydroxylation is 2. The summed E-state index contributed by atoms with van der Waals surface area (Å²) in [6.07, 6.45) is 2.46. The molecule has 194 valence electrons. The second-order valence-corrected chi connectivity index (χ2v) is 10.1. The first-order valence-electron chi connectivity index (χ1n) is 12.4. The van der Waals surface area contributed by atoms with Gasteiger partial charge in [-0.15, -0.1) is 0 Å². The number of oxazole rings is 1. The van der Waals surface area contributed by atoms with Crippen LogP contribution in [0.3, 0.4) is 0 Å². The molecule has 0 fully saturated rings. The Morgan fingerprint density at radius 2 is 1.70 bits per heavy atom. The third-order valence-electron chi connectivity index (χ3n) is 6.27. The van der Waals surface area contributed by atoms with E-state index in [4.69, 9.17) is 9.52 Å².